The van der Waals surface area contributed by atoms with Crippen LogP contribution in [0.2, 0.25) is 0 Å². The molecule has 2 fully saturated rings. The molecule has 80 valence electrons. The summed E-state index contributed by atoms with van der Waals surface area (Å²) in [5.41, 5.74) is 0. The minimum Gasteiger partial charge on any atom is -0.366 e. The second kappa shape index (κ2) is 3.00. The van der Waals surface area contributed by atoms with Gasteiger partial charge in [0.2, 0.25) is 0 Å². The molecule has 2 heterocycles. The van der Waals surface area contributed by atoms with Crippen LogP contribution >= 0.6 is 0 Å². The molecule has 2 aliphatic rings. The van der Waals surface area contributed by atoms with Gasteiger partial charge in [-0.15, -0.1) is 0 Å². The van der Waals surface area contributed by atoms with Gasteiger partial charge in [0.15, 0.2) is 17.9 Å². The van der Waals surface area contributed by atoms with Crippen LogP contribution in [-0.2, 0) is 19.0 Å². The molecule has 0 aromatic heterocycles. The molecule has 1 N–H and O–H groups in total. The lowest BCUT2D eigenvalue weighted by Crippen LogP contribution is -2.34. The number of Topliss-reactive ketones (excluding diaryl/α,β-unsaturated/α-hetero) is 1. The summed E-state index contributed by atoms with van der Waals surface area (Å²) in [6, 6.07) is 0. The molecule has 0 spiro atoms. The summed E-state index contributed by atoms with van der Waals surface area (Å²) in [6.07, 6.45) is -2.83. The molecule has 5 nitrogen and oxygen atoms in total. The van der Waals surface area contributed by atoms with E-state index < -0.39 is 30.4 Å². The first kappa shape index (κ1) is 10.0. The largest absolute Gasteiger partial charge is 0.366 e. The number of fused-ring (bicyclic) bond motifs is 1. The topological polar surface area (TPSA) is 65.0 Å². The van der Waals surface area contributed by atoms with E-state index in [0.717, 1.165) is 0 Å². The second-order valence-electron chi connectivity index (χ2n) is 4.12. The Labute approximate surface area is 81.9 Å². The Hall–Kier alpha value is -0.490. The first-order valence-electron chi connectivity index (χ1n) is 4.60. The molecule has 0 aliphatic carbocycles. The van der Waals surface area contributed by atoms with E-state index in [-0.39, 0.29) is 5.78 Å². The van der Waals surface area contributed by atoms with Crippen LogP contribution in [-0.4, -0.2) is 41.3 Å². The Bertz CT molecular complexity index is 262. The van der Waals surface area contributed by atoms with Gasteiger partial charge in [-0.25, -0.2) is 0 Å². The van der Waals surface area contributed by atoms with Crippen molar-refractivity contribution < 1.29 is 24.1 Å². The SMILES string of the molecule is CC(=O)[C@@H]1O[C@@H](O)[C@@H]2OC(C)(C)O[C@@H]21. The third-order valence-electron chi connectivity index (χ3n) is 2.43. The second-order valence-corrected chi connectivity index (χ2v) is 4.12. The van der Waals surface area contributed by atoms with Crippen LogP contribution in [0.3, 0.4) is 0 Å². The highest BCUT2D eigenvalue weighted by atomic mass is 16.8. The fourth-order valence-corrected chi connectivity index (χ4v) is 1.90. The first-order valence-corrected chi connectivity index (χ1v) is 4.60. The van der Waals surface area contributed by atoms with Crippen LogP contribution in [0.15, 0.2) is 0 Å². The molecule has 0 unspecified atom stereocenters. The van der Waals surface area contributed by atoms with E-state index in [2.05, 4.69) is 0 Å². The third-order valence-corrected chi connectivity index (χ3v) is 2.43. The Morgan fingerprint density at radius 1 is 1.29 bits per heavy atom. The minimum absolute atomic E-state index is 0.155. The van der Waals surface area contributed by atoms with E-state index in [1.807, 2.05) is 0 Å². The van der Waals surface area contributed by atoms with Crippen LogP contribution in [0.5, 0.6) is 0 Å². The van der Waals surface area contributed by atoms with Gasteiger partial charge < -0.3 is 19.3 Å². The van der Waals surface area contributed by atoms with Crippen molar-refractivity contribution in [1.82, 2.24) is 0 Å². The average Bonchev–Trinajstić information content (AvgIpc) is 2.47. The molecule has 4 atom stereocenters. The zero-order chi connectivity index (χ0) is 10.5. The van der Waals surface area contributed by atoms with E-state index >= 15 is 0 Å². The lowest BCUT2D eigenvalue weighted by Gasteiger charge is -2.21. The van der Waals surface area contributed by atoms with Gasteiger partial charge in [-0.2, -0.15) is 0 Å². The number of aliphatic hydroxyl groups excluding tert-OH is 1. The van der Waals surface area contributed by atoms with Crippen molar-refractivity contribution in [1.29, 1.82) is 0 Å². The highest BCUT2D eigenvalue weighted by Gasteiger charge is 2.56. The lowest BCUT2D eigenvalue weighted by molar-refractivity contribution is -0.218. The molecule has 2 saturated heterocycles. The van der Waals surface area contributed by atoms with E-state index in [1.54, 1.807) is 13.8 Å². The van der Waals surface area contributed by atoms with Crippen LogP contribution in [0.4, 0.5) is 0 Å². The predicted molar refractivity (Wildman–Crippen MR) is 45.4 cm³/mol. The van der Waals surface area contributed by atoms with Crippen LogP contribution in [0.1, 0.15) is 20.8 Å². The smallest absolute Gasteiger partial charge is 0.184 e. The summed E-state index contributed by atoms with van der Waals surface area (Å²) in [7, 11) is 0. The number of ketones is 1. The van der Waals surface area contributed by atoms with E-state index in [0.29, 0.717) is 0 Å². The van der Waals surface area contributed by atoms with Gasteiger partial charge in [0.05, 0.1) is 0 Å². The maximum Gasteiger partial charge on any atom is 0.184 e. The highest BCUT2D eigenvalue weighted by molar-refractivity contribution is 5.81. The van der Waals surface area contributed by atoms with E-state index in [4.69, 9.17) is 14.2 Å². The molecular weight excluding hydrogens is 188 g/mol. The number of ether oxygens (including phenoxy) is 3. The van der Waals surface area contributed by atoms with Crippen LogP contribution in [0.25, 0.3) is 0 Å². The van der Waals surface area contributed by atoms with Gasteiger partial charge in [0.1, 0.15) is 18.3 Å². The van der Waals surface area contributed by atoms with E-state index in [9.17, 15) is 9.90 Å². The Balaban J connectivity index is 2.19. The van der Waals surface area contributed by atoms with Crippen molar-refractivity contribution in [3.63, 3.8) is 0 Å². The highest BCUT2D eigenvalue weighted by Crippen LogP contribution is 2.37. The molecule has 0 amide bonds. The molecule has 0 aromatic carbocycles. The van der Waals surface area contributed by atoms with Gasteiger partial charge in [-0.1, -0.05) is 0 Å². The summed E-state index contributed by atoms with van der Waals surface area (Å²) in [5, 5.41) is 9.47. The molecule has 5 heteroatoms. The molecule has 0 aromatic rings. The van der Waals surface area contributed by atoms with Gasteiger partial charge in [0.25, 0.3) is 0 Å². The minimum atomic E-state index is -1.07. The van der Waals surface area contributed by atoms with Gasteiger partial charge in [-0.3, -0.25) is 4.79 Å². The molecule has 0 saturated carbocycles. The average molecular weight is 202 g/mol. The molecule has 2 rings (SSSR count). The monoisotopic (exact) mass is 202 g/mol. The third kappa shape index (κ3) is 1.46. The van der Waals surface area contributed by atoms with Gasteiger partial charge in [0, 0.05) is 0 Å². The number of hydrogen-bond donors (Lipinski definition) is 1. The van der Waals surface area contributed by atoms with Crippen molar-refractivity contribution in [3.8, 4) is 0 Å². The molecule has 0 radical (unpaired) electrons. The van der Waals surface area contributed by atoms with Crippen molar-refractivity contribution >= 4 is 5.78 Å². The van der Waals surface area contributed by atoms with Crippen LogP contribution < -0.4 is 0 Å². The fourth-order valence-electron chi connectivity index (χ4n) is 1.90. The zero-order valence-electron chi connectivity index (χ0n) is 8.39. The number of carbonyl (C=O) groups excluding carboxylic acids is 1. The Morgan fingerprint density at radius 2 is 1.86 bits per heavy atom. The zero-order valence-corrected chi connectivity index (χ0v) is 8.39. The quantitative estimate of drug-likeness (QED) is 0.638. The summed E-state index contributed by atoms with van der Waals surface area (Å²) >= 11 is 0. The molecule has 14 heavy (non-hydrogen) atoms. The summed E-state index contributed by atoms with van der Waals surface area (Å²) in [4.78, 5) is 11.2. The summed E-state index contributed by atoms with van der Waals surface area (Å²) in [6.45, 7) is 4.90. The van der Waals surface area contributed by atoms with Gasteiger partial charge in [-0.05, 0) is 20.8 Å². The first-order chi connectivity index (χ1) is 6.41. The maximum atomic E-state index is 11.2. The lowest BCUT2D eigenvalue weighted by atomic mass is 10.1. The predicted octanol–water partition coefficient (Wildman–Crippen LogP) is -0.187. The Kier molecular flexibility index (Phi) is 2.15. The number of aliphatic hydroxyl groups is 1. The van der Waals surface area contributed by atoms with Crippen molar-refractivity contribution in [2.75, 3.05) is 0 Å². The van der Waals surface area contributed by atoms with Crippen molar-refractivity contribution in [2.45, 2.75) is 51.2 Å². The summed E-state index contributed by atoms with van der Waals surface area (Å²) < 4.78 is 15.9. The van der Waals surface area contributed by atoms with Gasteiger partial charge >= 0.3 is 0 Å². The molecular formula is C9H14O5. The van der Waals surface area contributed by atoms with Crippen molar-refractivity contribution in [3.05, 3.63) is 0 Å². The number of hydrogen-bond acceptors (Lipinski definition) is 5. The van der Waals surface area contributed by atoms with Crippen LogP contribution in [0, 0.1) is 0 Å². The number of carbonyl (C=O) groups is 1. The Morgan fingerprint density at radius 3 is 2.43 bits per heavy atom. The summed E-state index contributed by atoms with van der Waals surface area (Å²) in [5.74, 6) is -0.911. The van der Waals surface area contributed by atoms with E-state index in [1.165, 1.54) is 6.92 Å². The van der Waals surface area contributed by atoms with Crippen molar-refractivity contribution in [2.24, 2.45) is 0 Å². The maximum absolute atomic E-state index is 11.2. The standard InChI is InChI=1S/C9H14O5/c1-4(10)5-6-7(8(11)12-5)14-9(2,3)13-6/h5-8,11H,1-3H3/t5-,6+,7+,8+/m0/s1. The molecule has 2 aliphatic heterocycles. The normalized spacial score (nSPS) is 45.1. The fraction of sp³-hybridized carbons (Fsp3) is 0.889. The number of rotatable bonds is 1. The molecule has 0 bridgehead atoms.